The van der Waals surface area contributed by atoms with Crippen LogP contribution in [0.5, 0.6) is 5.75 Å². The van der Waals surface area contributed by atoms with E-state index in [0.29, 0.717) is 5.76 Å². The summed E-state index contributed by atoms with van der Waals surface area (Å²) in [7, 11) is -3.63. The number of carbonyl (C=O) groups is 1. The summed E-state index contributed by atoms with van der Waals surface area (Å²) in [6.45, 7) is 4.04. The molecule has 1 heterocycles. The topological polar surface area (TPSA) is 88.9 Å². The molecular formula is C23H26N2O5S. The molecule has 8 heteroatoms. The first-order valence-corrected chi connectivity index (χ1v) is 11.6. The lowest BCUT2D eigenvalue weighted by Crippen LogP contribution is -2.34. The second-order valence-electron chi connectivity index (χ2n) is 6.95. The van der Waals surface area contributed by atoms with Gasteiger partial charge in [-0.25, -0.2) is 4.79 Å². The molecule has 0 aliphatic heterocycles. The summed E-state index contributed by atoms with van der Waals surface area (Å²) in [6.07, 6.45) is 2.35. The highest BCUT2D eigenvalue weighted by Crippen LogP contribution is 2.20. The molecule has 164 valence electrons. The molecular weight excluding hydrogens is 416 g/mol. The van der Waals surface area contributed by atoms with Crippen molar-refractivity contribution in [2.24, 2.45) is 0 Å². The molecule has 0 spiro atoms. The number of nitrogens with one attached hydrogen (secondary N) is 1. The summed E-state index contributed by atoms with van der Waals surface area (Å²) in [5, 5.41) is 2.97. The lowest BCUT2D eigenvalue weighted by atomic mass is 10.1. The molecule has 1 N–H and O–H groups in total. The Hall–Kier alpha value is -3.26. The van der Waals surface area contributed by atoms with Crippen LogP contribution >= 0.6 is 0 Å². The molecule has 1 aromatic heterocycles. The van der Waals surface area contributed by atoms with Gasteiger partial charge in [-0.05, 0) is 54.8 Å². The fourth-order valence-corrected chi connectivity index (χ4v) is 3.57. The molecule has 0 aliphatic carbocycles. The Balaban J connectivity index is 1.82. The van der Waals surface area contributed by atoms with E-state index in [0.717, 1.165) is 23.2 Å². The van der Waals surface area contributed by atoms with Crippen LogP contribution in [-0.2, 0) is 29.6 Å². The van der Waals surface area contributed by atoms with Crippen molar-refractivity contribution in [2.75, 3.05) is 11.1 Å². The maximum Gasteiger partial charge on any atom is 0.322 e. The third-order valence-electron chi connectivity index (χ3n) is 4.70. The average Bonchev–Trinajstić information content (AvgIpc) is 3.27. The fraction of sp³-hybridized carbons (Fsp3) is 0.261. The van der Waals surface area contributed by atoms with Crippen molar-refractivity contribution in [1.29, 1.82) is 0 Å². The fourth-order valence-electron chi connectivity index (χ4n) is 3.06. The van der Waals surface area contributed by atoms with E-state index >= 15 is 0 Å². The van der Waals surface area contributed by atoms with Crippen LogP contribution in [0.4, 0.5) is 10.5 Å². The third-order valence-corrected chi connectivity index (χ3v) is 5.86. The van der Waals surface area contributed by atoms with E-state index in [2.05, 4.69) is 5.32 Å². The molecule has 2 aromatic carbocycles. The molecule has 0 radical (unpaired) electrons. The molecule has 0 aliphatic rings. The Morgan fingerprint density at radius 1 is 1.03 bits per heavy atom. The van der Waals surface area contributed by atoms with Crippen LogP contribution in [0.1, 0.15) is 30.7 Å². The number of benzene rings is 2. The van der Waals surface area contributed by atoms with E-state index in [-0.39, 0.29) is 30.6 Å². The molecule has 0 atom stereocenters. The minimum absolute atomic E-state index is 0.124. The first-order chi connectivity index (χ1) is 14.9. The molecule has 0 unspecified atom stereocenters. The van der Waals surface area contributed by atoms with Gasteiger partial charge in [0, 0.05) is 12.2 Å². The quantitative estimate of drug-likeness (QED) is 0.481. The molecule has 3 rings (SSSR count). The van der Waals surface area contributed by atoms with Gasteiger partial charge in [-0.3, -0.25) is 0 Å². The molecule has 3 aromatic rings. The van der Waals surface area contributed by atoms with Crippen molar-refractivity contribution >= 4 is 21.8 Å². The molecule has 0 saturated heterocycles. The summed E-state index contributed by atoms with van der Waals surface area (Å²) < 4.78 is 34.1. The summed E-state index contributed by atoms with van der Waals surface area (Å²) in [4.78, 5) is 14.7. The van der Waals surface area contributed by atoms with Crippen LogP contribution in [0.2, 0.25) is 0 Å². The van der Waals surface area contributed by atoms with Gasteiger partial charge in [0.05, 0.1) is 18.6 Å². The van der Waals surface area contributed by atoms with Gasteiger partial charge in [0.15, 0.2) is 0 Å². The van der Waals surface area contributed by atoms with Gasteiger partial charge >= 0.3 is 16.1 Å². The zero-order chi connectivity index (χ0) is 22.3. The largest absolute Gasteiger partial charge is 0.467 e. The number of nitrogens with zero attached hydrogens (tertiary/aromatic N) is 1. The number of aryl methyl sites for hydroxylation is 1. The number of anilines is 1. The predicted octanol–water partition coefficient (Wildman–Crippen LogP) is 4.80. The molecule has 31 heavy (non-hydrogen) atoms. The van der Waals surface area contributed by atoms with Crippen LogP contribution in [0.15, 0.2) is 71.3 Å². The maximum absolute atomic E-state index is 13.1. The number of hydrogen-bond acceptors (Lipinski definition) is 5. The van der Waals surface area contributed by atoms with E-state index < -0.39 is 10.1 Å². The maximum atomic E-state index is 13.1. The molecule has 2 amide bonds. The Labute approximate surface area is 182 Å². The van der Waals surface area contributed by atoms with E-state index in [1.165, 1.54) is 6.92 Å². The van der Waals surface area contributed by atoms with Crippen molar-refractivity contribution in [1.82, 2.24) is 4.90 Å². The van der Waals surface area contributed by atoms with E-state index in [1.54, 1.807) is 41.5 Å². The zero-order valence-corrected chi connectivity index (χ0v) is 18.4. The monoisotopic (exact) mass is 442 g/mol. The van der Waals surface area contributed by atoms with Crippen LogP contribution in [0, 0.1) is 0 Å². The number of furan rings is 1. The Morgan fingerprint density at radius 2 is 1.84 bits per heavy atom. The standard InChI is InChI=1S/C23H26N2O5S/c1-3-19-10-5-6-13-22(19)24-23(26)25(17-21-12-8-14-29-21)16-18-9-7-11-20(15-18)30-31(27,28)4-2/h5-15H,3-4,16-17H2,1-2H3,(H,24,26). The highest BCUT2D eigenvalue weighted by atomic mass is 32.2. The van der Waals surface area contributed by atoms with Crippen molar-refractivity contribution in [2.45, 2.75) is 33.4 Å². The Morgan fingerprint density at radius 3 is 2.55 bits per heavy atom. The lowest BCUT2D eigenvalue weighted by molar-refractivity contribution is 0.201. The number of carbonyl (C=O) groups excluding carboxylic acids is 1. The normalized spacial score (nSPS) is 11.2. The summed E-state index contributed by atoms with van der Waals surface area (Å²) in [6, 6.07) is 17.6. The number of hydrogen-bond donors (Lipinski definition) is 1. The minimum Gasteiger partial charge on any atom is -0.467 e. The van der Waals surface area contributed by atoms with Crippen LogP contribution in [0.25, 0.3) is 0 Å². The minimum atomic E-state index is -3.63. The van der Waals surface area contributed by atoms with E-state index in [4.69, 9.17) is 8.60 Å². The molecule has 0 saturated carbocycles. The number of para-hydroxylation sites is 1. The second-order valence-corrected chi connectivity index (χ2v) is 8.81. The zero-order valence-electron chi connectivity index (χ0n) is 17.6. The van der Waals surface area contributed by atoms with Crippen molar-refractivity contribution < 1.29 is 21.8 Å². The molecule has 0 bridgehead atoms. The smallest absolute Gasteiger partial charge is 0.322 e. The number of rotatable bonds is 9. The highest BCUT2D eigenvalue weighted by Gasteiger charge is 2.18. The van der Waals surface area contributed by atoms with E-state index in [1.807, 2.05) is 37.3 Å². The summed E-state index contributed by atoms with van der Waals surface area (Å²) >= 11 is 0. The number of urea groups is 1. The van der Waals surface area contributed by atoms with Gasteiger partial charge in [-0.1, -0.05) is 37.3 Å². The predicted molar refractivity (Wildman–Crippen MR) is 119 cm³/mol. The van der Waals surface area contributed by atoms with Crippen molar-refractivity contribution in [3.63, 3.8) is 0 Å². The number of amides is 2. The first kappa shape index (κ1) is 22.4. The van der Waals surface area contributed by atoms with Crippen LogP contribution < -0.4 is 9.50 Å². The third kappa shape index (κ3) is 6.36. The van der Waals surface area contributed by atoms with Crippen LogP contribution in [0.3, 0.4) is 0 Å². The van der Waals surface area contributed by atoms with Gasteiger partial charge in [0.2, 0.25) is 0 Å². The van der Waals surface area contributed by atoms with Crippen molar-refractivity contribution in [3.8, 4) is 5.75 Å². The average molecular weight is 443 g/mol. The van der Waals surface area contributed by atoms with Crippen LogP contribution in [-0.4, -0.2) is 25.1 Å². The van der Waals surface area contributed by atoms with E-state index in [9.17, 15) is 13.2 Å². The van der Waals surface area contributed by atoms with Gasteiger partial charge in [0.25, 0.3) is 0 Å². The SMILES string of the molecule is CCc1ccccc1NC(=O)N(Cc1cccc(OS(=O)(=O)CC)c1)Cc1ccco1. The molecule has 7 nitrogen and oxygen atoms in total. The molecule has 0 fully saturated rings. The van der Waals surface area contributed by atoms with Gasteiger partial charge < -0.3 is 18.8 Å². The van der Waals surface area contributed by atoms with Gasteiger partial charge in [0.1, 0.15) is 11.5 Å². The second kappa shape index (κ2) is 10.2. The Bertz CT molecular complexity index is 1110. The summed E-state index contributed by atoms with van der Waals surface area (Å²) in [5.74, 6) is 0.732. The van der Waals surface area contributed by atoms with Gasteiger partial charge in [-0.15, -0.1) is 0 Å². The summed E-state index contributed by atoms with van der Waals surface area (Å²) in [5.41, 5.74) is 2.52. The Kier molecular flexibility index (Phi) is 7.36. The van der Waals surface area contributed by atoms with Crippen molar-refractivity contribution in [3.05, 3.63) is 83.8 Å². The van der Waals surface area contributed by atoms with Gasteiger partial charge in [-0.2, -0.15) is 8.42 Å². The first-order valence-electron chi connectivity index (χ1n) is 10.1. The lowest BCUT2D eigenvalue weighted by Gasteiger charge is -2.23. The highest BCUT2D eigenvalue weighted by molar-refractivity contribution is 7.87.